The third-order valence-electron chi connectivity index (χ3n) is 16.3. The number of thiophene rings is 1. The molecule has 0 amide bonds. The van der Waals surface area contributed by atoms with Gasteiger partial charge in [0, 0.05) is 48.4 Å². The first-order chi connectivity index (χ1) is 30.4. The molecule has 3 heteroatoms. The largest absolute Gasteiger partial charge is 0.355 e. The van der Waals surface area contributed by atoms with Crippen LogP contribution in [0.2, 0.25) is 0 Å². The van der Waals surface area contributed by atoms with Crippen LogP contribution in [0.5, 0.6) is 0 Å². The molecule has 9 aromatic rings. The minimum Gasteiger partial charge on any atom is -0.355 e. The molecule has 0 saturated heterocycles. The van der Waals surface area contributed by atoms with Crippen molar-refractivity contribution in [1.82, 2.24) is 0 Å². The fourth-order valence-corrected chi connectivity index (χ4v) is 14.1. The Hall–Kier alpha value is -5.90. The summed E-state index contributed by atoms with van der Waals surface area (Å²) in [4.78, 5) is 0. The Labute approximate surface area is 376 Å². The quantitative estimate of drug-likeness (QED) is 0.175. The molecule has 1 N–H and O–H groups in total. The first-order valence-corrected chi connectivity index (χ1v) is 24.0. The molecule has 306 valence electrons. The van der Waals surface area contributed by atoms with E-state index in [0.717, 1.165) is 13.7 Å². The third-order valence-corrected chi connectivity index (χ3v) is 17.4. The summed E-state index contributed by atoms with van der Waals surface area (Å²) >= 11 is 1.93. The highest BCUT2D eigenvalue weighted by Gasteiger charge is 2.45. The normalized spacial score (nSPS) is 17.9. The summed E-state index contributed by atoms with van der Waals surface area (Å²) in [5, 5.41) is 9.64. The highest BCUT2D eigenvalue weighted by atomic mass is 32.1. The molecule has 63 heavy (non-hydrogen) atoms. The maximum absolute atomic E-state index is 4.21. The zero-order chi connectivity index (χ0) is 42.7. The summed E-state index contributed by atoms with van der Waals surface area (Å²) in [7, 11) is 0.909. The molecule has 3 aliphatic carbocycles. The second-order valence-electron chi connectivity index (χ2n) is 21.1. The molecule has 1 atom stereocenters. The first-order valence-electron chi connectivity index (χ1n) is 23.2. The average molecular weight is 830 g/mol. The van der Waals surface area contributed by atoms with Crippen LogP contribution in [-0.2, 0) is 22.7 Å². The molecule has 0 radical (unpaired) electrons. The standard InChI is InChI=1S/C60H52BNS/c1-33-29-45-46(59(4,5)28-27-58(45,2)3)32-49(33)62-48-25-26-51-54(39-18-11-13-22-50(39)63-51)53(48)43-31-41-37-17-10-12-20-44(37)60(6,7)56(41)55-42-30-40-35-16-9-8-15-34(35)23-24-36(40)38-19-14-21-47(52(38)42)61-57(43)55/h8-26,29,31-32,42,61-62H,27-28,30H2,1-7H3. The van der Waals surface area contributed by atoms with Crippen molar-refractivity contribution in [3.8, 4) is 33.4 Å². The summed E-state index contributed by atoms with van der Waals surface area (Å²) in [6.45, 7) is 17.1. The molecule has 1 aromatic heterocycles. The van der Waals surface area contributed by atoms with Gasteiger partial charge >= 0.3 is 0 Å². The minimum atomic E-state index is -0.150. The number of fused-ring (bicyclic) bond motifs is 14. The van der Waals surface area contributed by atoms with Gasteiger partial charge in [-0.2, -0.15) is 0 Å². The number of anilines is 2. The van der Waals surface area contributed by atoms with Crippen LogP contribution in [0, 0.1) is 6.92 Å². The van der Waals surface area contributed by atoms with E-state index in [4.69, 9.17) is 0 Å². The third kappa shape index (κ3) is 5.18. The average Bonchev–Trinajstić information content (AvgIpc) is 3.77. The van der Waals surface area contributed by atoms with Crippen LogP contribution in [-0.4, -0.2) is 7.28 Å². The fraction of sp³-hybridized carbons (Fsp3) is 0.233. The van der Waals surface area contributed by atoms with Gasteiger partial charge in [-0.05, 0) is 150 Å². The van der Waals surface area contributed by atoms with E-state index in [1.165, 1.54) is 133 Å². The van der Waals surface area contributed by atoms with E-state index in [1.807, 2.05) is 11.3 Å². The van der Waals surface area contributed by atoms with Gasteiger partial charge in [-0.3, -0.25) is 0 Å². The Morgan fingerprint density at radius 2 is 1.30 bits per heavy atom. The van der Waals surface area contributed by atoms with E-state index in [1.54, 1.807) is 11.1 Å². The van der Waals surface area contributed by atoms with Crippen LogP contribution >= 0.6 is 11.3 Å². The number of benzene rings is 8. The molecule has 1 aliphatic heterocycles. The van der Waals surface area contributed by atoms with E-state index in [0.29, 0.717) is 0 Å². The molecule has 1 nitrogen and oxygen atoms in total. The van der Waals surface area contributed by atoms with Gasteiger partial charge in [-0.15, -0.1) is 11.3 Å². The van der Waals surface area contributed by atoms with Gasteiger partial charge < -0.3 is 5.32 Å². The van der Waals surface area contributed by atoms with Crippen molar-refractivity contribution in [2.75, 3.05) is 5.32 Å². The number of hydrogen-bond donors (Lipinski definition) is 1. The van der Waals surface area contributed by atoms with Crippen LogP contribution < -0.4 is 16.2 Å². The highest BCUT2D eigenvalue weighted by Crippen LogP contribution is 2.57. The van der Waals surface area contributed by atoms with Crippen molar-refractivity contribution >= 4 is 71.9 Å². The Bertz CT molecular complexity index is 3490. The highest BCUT2D eigenvalue weighted by molar-refractivity contribution is 7.26. The van der Waals surface area contributed by atoms with Gasteiger partial charge in [-0.25, -0.2) is 0 Å². The molecule has 0 bridgehead atoms. The van der Waals surface area contributed by atoms with Crippen LogP contribution in [0.4, 0.5) is 11.4 Å². The number of nitrogens with one attached hydrogen (secondary N) is 1. The summed E-state index contributed by atoms with van der Waals surface area (Å²) in [6, 6.07) is 51.8. The van der Waals surface area contributed by atoms with Gasteiger partial charge in [0.05, 0.1) is 0 Å². The smallest absolute Gasteiger partial charge is 0.193 e. The number of hydrogen-bond acceptors (Lipinski definition) is 2. The van der Waals surface area contributed by atoms with E-state index in [2.05, 4.69) is 187 Å². The summed E-state index contributed by atoms with van der Waals surface area (Å²) in [5.41, 5.74) is 25.7. The summed E-state index contributed by atoms with van der Waals surface area (Å²) in [6.07, 6.45) is 3.40. The lowest BCUT2D eigenvalue weighted by molar-refractivity contribution is 0.332. The Balaban J connectivity index is 1.13. The van der Waals surface area contributed by atoms with Gasteiger partial charge in [0.15, 0.2) is 7.28 Å². The van der Waals surface area contributed by atoms with Crippen molar-refractivity contribution in [2.24, 2.45) is 0 Å². The molecule has 8 aromatic carbocycles. The van der Waals surface area contributed by atoms with E-state index < -0.39 is 0 Å². The van der Waals surface area contributed by atoms with Crippen molar-refractivity contribution in [3.63, 3.8) is 0 Å². The minimum absolute atomic E-state index is 0.112. The van der Waals surface area contributed by atoms with Gasteiger partial charge in [0.1, 0.15) is 0 Å². The zero-order valence-electron chi connectivity index (χ0n) is 37.5. The van der Waals surface area contributed by atoms with Gasteiger partial charge in [0.2, 0.25) is 0 Å². The molecule has 1 unspecified atom stereocenters. The molecular formula is C60H52BNS. The zero-order valence-corrected chi connectivity index (χ0v) is 38.3. The summed E-state index contributed by atoms with van der Waals surface area (Å²) in [5.74, 6) is 0.240. The maximum atomic E-state index is 4.21. The van der Waals surface area contributed by atoms with Crippen LogP contribution in [0.1, 0.15) is 105 Å². The lowest BCUT2D eigenvalue weighted by Gasteiger charge is -2.42. The lowest BCUT2D eigenvalue weighted by Crippen LogP contribution is -2.44. The van der Waals surface area contributed by atoms with Gasteiger partial charge in [0.25, 0.3) is 0 Å². The molecule has 0 spiro atoms. The fourth-order valence-electron chi connectivity index (χ4n) is 13.0. The Morgan fingerprint density at radius 1 is 0.571 bits per heavy atom. The molecule has 13 rings (SSSR count). The van der Waals surface area contributed by atoms with Crippen LogP contribution in [0.15, 0.2) is 133 Å². The predicted octanol–water partition coefficient (Wildman–Crippen LogP) is 14.6. The molecule has 4 aliphatic rings. The molecule has 0 saturated carbocycles. The monoisotopic (exact) mass is 829 g/mol. The second-order valence-corrected chi connectivity index (χ2v) is 22.2. The topological polar surface area (TPSA) is 12.0 Å². The molecule has 0 fully saturated rings. The van der Waals surface area contributed by atoms with E-state index in [-0.39, 0.29) is 22.2 Å². The van der Waals surface area contributed by atoms with Crippen LogP contribution in [0.25, 0.3) is 64.3 Å². The Morgan fingerprint density at radius 3 is 2.14 bits per heavy atom. The lowest BCUT2D eigenvalue weighted by atomic mass is 9.49. The molecule has 2 heterocycles. The van der Waals surface area contributed by atoms with Crippen molar-refractivity contribution in [2.45, 2.75) is 89.9 Å². The summed E-state index contributed by atoms with van der Waals surface area (Å²) < 4.78 is 2.68. The van der Waals surface area contributed by atoms with Crippen molar-refractivity contribution in [1.29, 1.82) is 0 Å². The van der Waals surface area contributed by atoms with E-state index >= 15 is 0 Å². The SMILES string of the molecule is Cc1cc2c(cc1Nc1ccc3sc4ccccc4c3c1-c1cc3c(c4c1Bc1cccc5c1C4Cc1c-5ccc4ccccc14)C(C)(C)c1ccccc1-3)C(C)(C)CCC2(C)C. The number of rotatable bonds is 3. The van der Waals surface area contributed by atoms with Crippen LogP contribution in [0.3, 0.4) is 0 Å². The molecular weight excluding hydrogens is 778 g/mol. The van der Waals surface area contributed by atoms with Crippen molar-refractivity contribution in [3.05, 3.63) is 178 Å². The van der Waals surface area contributed by atoms with E-state index in [9.17, 15) is 0 Å². The second kappa shape index (κ2) is 12.9. The first kappa shape index (κ1) is 37.6. The maximum Gasteiger partial charge on any atom is 0.193 e. The Kier molecular flexibility index (Phi) is 7.68. The van der Waals surface area contributed by atoms with Crippen molar-refractivity contribution < 1.29 is 0 Å². The number of aryl methyl sites for hydroxylation is 1. The van der Waals surface area contributed by atoms with Gasteiger partial charge in [-0.1, -0.05) is 156 Å². The predicted molar refractivity (Wildman–Crippen MR) is 273 cm³/mol.